The van der Waals surface area contributed by atoms with Crippen molar-refractivity contribution in [3.63, 3.8) is 0 Å². The summed E-state index contributed by atoms with van der Waals surface area (Å²) < 4.78 is 0. The minimum Gasteiger partial charge on any atom is -0.351 e. The van der Waals surface area contributed by atoms with Gasteiger partial charge in [-0.15, -0.1) is 0 Å². The number of nitrogens with zero attached hydrogens (tertiary/aromatic N) is 3. The molecule has 1 heterocycles. The maximum Gasteiger partial charge on any atom is 0.270 e. The number of benzene rings is 1. The number of carbonyl (C=O) groups excluding carboxylic acids is 1. The first-order valence-electron chi connectivity index (χ1n) is 8.06. The first-order chi connectivity index (χ1) is 11.5. The van der Waals surface area contributed by atoms with Crippen LogP contribution in [0.2, 0.25) is 0 Å². The van der Waals surface area contributed by atoms with Gasteiger partial charge in [0.15, 0.2) is 0 Å². The van der Waals surface area contributed by atoms with E-state index in [1.54, 1.807) is 12.3 Å². The largest absolute Gasteiger partial charge is 0.351 e. The quantitative estimate of drug-likeness (QED) is 0.765. The van der Waals surface area contributed by atoms with Crippen molar-refractivity contribution < 1.29 is 4.79 Å². The molecule has 0 aliphatic carbocycles. The van der Waals surface area contributed by atoms with Crippen molar-refractivity contribution in [1.29, 1.82) is 0 Å². The summed E-state index contributed by atoms with van der Waals surface area (Å²) in [6.07, 6.45) is 2.49. The number of hydrogen-bond donors (Lipinski definition) is 2. The van der Waals surface area contributed by atoms with Crippen LogP contribution in [-0.4, -0.2) is 48.0 Å². The third-order valence-electron chi connectivity index (χ3n) is 3.81. The van der Waals surface area contributed by atoms with Gasteiger partial charge in [0.2, 0.25) is 5.95 Å². The monoisotopic (exact) mass is 327 g/mol. The molecule has 0 saturated carbocycles. The van der Waals surface area contributed by atoms with Crippen molar-refractivity contribution in [3.05, 3.63) is 47.3 Å². The summed E-state index contributed by atoms with van der Waals surface area (Å²) in [4.78, 5) is 22.8. The van der Waals surface area contributed by atoms with Gasteiger partial charge in [0, 0.05) is 18.4 Å². The van der Waals surface area contributed by atoms with Gasteiger partial charge in [-0.1, -0.05) is 12.1 Å². The summed E-state index contributed by atoms with van der Waals surface area (Å²) in [6, 6.07) is 7.63. The van der Waals surface area contributed by atoms with E-state index in [-0.39, 0.29) is 5.91 Å². The Morgan fingerprint density at radius 2 is 2.00 bits per heavy atom. The van der Waals surface area contributed by atoms with Gasteiger partial charge in [-0.2, -0.15) is 0 Å². The fourth-order valence-electron chi connectivity index (χ4n) is 2.24. The smallest absolute Gasteiger partial charge is 0.270 e. The normalized spacial score (nSPS) is 10.7. The molecule has 0 bridgehead atoms. The summed E-state index contributed by atoms with van der Waals surface area (Å²) in [5, 5.41) is 6.06. The molecule has 2 N–H and O–H groups in total. The fraction of sp³-hybridized carbons (Fsp3) is 0.389. The zero-order chi connectivity index (χ0) is 17.5. The van der Waals surface area contributed by atoms with E-state index in [9.17, 15) is 4.79 Å². The van der Waals surface area contributed by atoms with Gasteiger partial charge in [-0.25, -0.2) is 9.97 Å². The summed E-state index contributed by atoms with van der Waals surface area (Å²) >= 11 is 0. The standard InChI is InChI=1S/C18H25N5O/c1-13-7-5-8-15(14(13)2)21-18-20-11-9-16(22-18)17(24)19-10-6-12-23(3)4/h5,7-9,11H,6,10,12H2,1-4H3,(H,19,24)(H,20,21,22). The van der Waals surface area contributed by atoms with Crippen molar-refractivity contribution >= 4 is 17.5 Å². The van der Waals surface area contributed by atoms with E-state index in [1.807, 2.05) is 33.2 Å². The number of aromatic nitrogens is 2. The molecule has 128 valence electrons. The summed E-state index contributed by atoms with van der Waals surface area (Å²) in [5.74, 6) is 0.241. The van der Waals surface area contributed by atoms with E-state index in [4.69, 9.17) is 0 Å². The molecule has 1 amide bonds. The highest BCUT2D eigenvalue weighted by Gasteiger charge is 2.09. The Hall–Kier alpha value is -2.47. The average Bonchev–Trinajstić information content (AvgIpc) is 2.56. The Balaban J connectivity index is 2.00. The molecule has 1 aromatic carbocycles. The van der Waals surface area contributed by atoms with Gasteiger partial charge in [0.1, 0.15) is 5.69 Å². The van der Waals surface area contributed by atoms with Crippen molar-refractivity contribution in [1.82, 2.24) is 20.2 Å². The minimum atomic E-state index is -0.180. The molecule has 0 aliphatic rings. The highest BCUT2D eigenvalue weighted by molar-refractivity contribution is 5.92. The second-order valence-corrected chi connectivity index (χ2v) is 6.05. The number of hydrogen-bond acceptors (Lipinski definition) is 5. The number of rotatable bonds is 7. The van der Waals surface area contributed by atoms with Crippen LogP contribution in [0.3, 0.4) is 0 Å². The molecule has 0 atom stereocenters. The van der Waals surface area contributed by atoms with E-state index >= 15 is 0 Å². The van der Waals surface area contributed by atoms with Crippen LogP contribution in [0.5, 0.6) is 0 Å². The van der Waals surface area contributed by atoms with Crippen LogP contribution in [0.4, 0.5) is 11.6 Å². The lowest BCUT2D eigenvalue weighted by atomic mass is 10.1. The van der Waals surface area contributed by atoms with Crippen LogP contribution in [0.25, 0.3) is 0 Å². The summed E-state index contributed by atoms with van der Waals surface area (Å²) in [6.45, 7) is 5.65. The zero-order valence-electron chi connectivity index (χ0n) is 14.8. The van der Waals surface area contributed by atoms with Gasteiger partial charge in [-0.05, 0) is 64.2 Å². The van der Waals surface area contributed by atoms with Crippen LogP contribution >= 0.6 is 0 Å². The SMILES string of the molecule is Cc1cccc(Nc2nccc(C(=O)NCCCN(C)C)n2)c1C. The molecule has 0 spiro atoms. The van der Waals surface area contributed by atoms with Crippen molar-refractivity contribution in [2.45, 2.75) is 20.3 Å². The maximum atomic E-state index is 12.2. The Kier molecular flexibility index (Phi) is 6.26. The minimum absolute atomic E-state index is 0.180. The lowest BCUT2D eigenvalue weighted by Crippen LogP contribution is -2.28. The fourth-order valence-corrected chi connectivity index (χ4v) is 2.24. The topological polar surface area (TPSA) is 70.2 Å². The molecule has 0 fully saturated rings. The third-order valence-corrected chi connectivity index (χ3v) is 3.81. The van der Waals surface area contributed by atoms with Crippen molar-refractivity contribution in [3.8, 4) is 0 Å². The Morgan fingerprint density at radius 3 is 2.75 bits per heavy atom. The highest BCUT2D eigenvalue weighted by Crippen LogP contribution is 2.20. The van der Waals surface area contributed by atoms with Gasteiger partial charge in [-0.3, -0.25) is 4.79 Å². The Labute approximate surface area is 143 Å². The van der Waals surface area contributed by atoms with Crippen molar-refractivity contribution in [2.75, 3.05) is 32.5 Å². The van der Waals surface area contributed by atoms with Crippen molar-refractivity contribution in [2.24, 2.45) is 0 Å². The maximum absolute atomic E-state index is 12.2. The van der Waals surface area contributed by atoms with E-state index < -0.39 is 0 Å². The zero-order valence-corrected chi connectivity index (χ0v) is 14.8. The lowest BCUT2D eigenvalue weighted by molar-refractivity contribution is 0.0947. The first kappa shape index (κ1) is 17.9. The van der Waals surface area contributed by atoms with E-state index in [1.165, 1.54) is 5.56 Å². The molecule has 0 unspecified atom stereocenters. The predicted molar refractivity (Wildman–Crippen MR) is 96.7 cm³/mol. The van der Waals surface area contributed by atoms with Gasteiger partial charge >= 0.3 is 0 Å². The van der Waals surface area contributed by atoms with Gasteiger partial charge in [0.05, 0.1) is 0 Å². The Bertz CT molecular complexity index is 700. The summed E-state index contributed by atoms with van der Waals surface area (Å²) in [7, 11) is 4.02. The molecular formula is C18H25N5O. The van der Waals surface area contributed by atoms with E-state index in [0.29, 0.717) is 18.2 Å². The lowest BCUT2D eigenvalue weighted by Gasteiger charge is -2.11. The molecule has 0 saturated heterocycles. The van der Waals surface area contributed by atoms with Crippen LogP contribution < -0.4 is 10.6 Å². The van der Waals surface area contributed by atoms with Gasteiger partial charge < -0.3 is 15.5 Å². The Morgan fingerprint density at radius 1 is 1.21 bits per heavy atom. The van der Waals surface area contributed by atoms with Crippen LogP contribution in [0, 0.1) is 13.8 Å². The molecule has 2 rings (SSSR count). The first-order valence-corrected chi connectivity index (χ1v) is 8.06. The molecule has 24 heavy (non-hydrogen) atoms. The second-order valence-electron chi connectivity index (χ2n) is 6.05. The molecule has 6 nitrogen and oxygen atoms in total. The summed E-state index contributed by atoms with van der Waals surface area (Å²) in [5.41, 5.74) is 3.63. The molecule has 0 aliphatic heterocycles. The highest BCUT2D eigenvalue weighted by atomic mass is 16.1. The molecule has 2 aromatic rings. The van der Waals surface area contributed by atoms with Crippen LogP contribution in [0.15, 0.2) is 30.5 Å². The third kappa shape index (κ3) is 5.03. The van der Waals surface area contributed by atoms with Gasteiger partial charge in [0.25, 0.3) is 5.91 Å². The number of nitrogens with one attached hydrogen (secondary N) is 2. The van der Waals surface area contributed by atoms with E-state index in [0.717, 1.165) is 24.2 Å². The number of amides is 1. The number of carbonyl (C=O) groups is 1. The van der Waals surface area contributed by atoms with Crippen LogP contribution in [0.1, 0.15) is 28.0 Å². The molecular weight excluding hydrogens is 302 g/mol. The molecule has 1 aromatic heterocycles. The predicted octanol–water partition coefficient (Wildman–Crippen LogP) is 2.52. The van der Waals surface area contributed by atoms with Crippen LogP contribution in [-0.2, 0) is 0 Å². The van der Waals surface area contributed by atoms with E-state index in [2.05, 4.69) is 38.5 Å². The number of anilines is 2. The number of aryl methyl sites for hydroxylation is 1. The average molecular weight is 327 g/mol. The molecule has 0 radical (unpaired) electrons. The molecule has 6 heteroatoms. The second kappa shape index (κ2) is 8.40.